The SMILES string of the molecule is CC(C)(C)c1ccnc(N2c3[c-]c(-c4ccc5cccc(O)c5n4)ccc3C(c3ccccc3)(c3ccccc3)c3ccccc32)c1.[Pt]. The average molecular weight is 804 g/mol. The van der Waals surface area contributed by atoms with E-state index in [1.54, 1.807) is 6.07 Å². The normalized spacial score (nSPS) is 13.4. The molecule has 4 nitrogen and oxygen atoms in total. The third-order valence-electron chi connectivity index (χ3n) is 9.33. The number of anilines is 3. The second-order valence-electron chi connectivity index (χ2n) is 13.2. The third-order valence-corrected chi connectivity index (χ3v) is 9.33. The van der Waals surface area contributed by atoms with Crippen molar-refractivity contribution in [1.29, 1.82) is 0 Å². The molecule has 1 N–H and O–H groups in total. The van der Waals surface area contributed by atoms with E-state index in [4.69, 9.17) is 9.97 Å². The van der Waals surface area contributed by atoms with Gasteiger partial charge in [-0.1, -0.05) is 129 Å². The summed E-state index contributed by atoms with van der Waals surface area (Å²) in [5, 5.41) is 11.5. The van der Waals surface area contributed by atoms with Crippen LogP contribution in [0.3, 0.4) is 0 Å². The minimum atomic E-state index is -0.628. The molecule has 7 aromatic rings. The fourth-order valence-electron chi connectivity index (χ4n) is 7.05. The summed E-state index contributed by atoms with van der Waals surface area (Å²) in [5.41, 5.74) is 9.22. The number of phenols is 1. The van der Waals surface area contributed by atoms with Gasteiger partial charge in [-0.15, -0.1) is 23.8 Å². The first-order valence-corrected chi connectivity index (χ1v) is 16.0. The first-order chi connectivity index (χ1) is 22.9. The number of rotatable bonds is 4. The molecule has 48 heavy (non-hydrogen) atoms. The minimum Gasteiger partial charge on any atom is -0.506 e. The summed E-state index contributed by atoms with van der Waals surface area (Å²) < 4.78 is 0. The number of phenolic OH excluding ortho intramolecular Hbond substituents is 1. The molecule has 3 heterocycles. The molecule has 0 atom stereocenters. The van der Waals surface area contributed by atoms with E-state index < -0.39 is 5.41 Å². The molecule has 1 aliphatic heterocycles. The number of pyridine rings is 2. The second kappa shape index (κ2) is 12.2. The zero-order chi connectivity index (χ0) is 32.2. The quantitative estimate of drug-likeness (QED) is 0.180. The molecule has 2 aromatic heterocycles. The molecule has 0 fully saturated rings. The molecule has 5 heteroatoms. The van der Waals surface area contributed by atoms with E-state index in [0.717, 1.165) is 39.4 Å². The van der Waals surface area contributed by atoms with Crippen LogP contribution in [-0.2, 0) is 31.9 Å². The van der Waals surface area contributed by atoms with Gasteiger partial charge >= 0.3 is 0 Å². The molecular weight excluding hydrogens is 770 g/mol. The van der Waals surface area contributed by atoms with Gasteiger partial charge in [-0.05, 0) is 63.3 Å². The van der Waals surface area contributed by atoms with Gasteiger partial charge in [-0.3, -0.25) is 4.98 Å². The van der Waals surface area contributed by atoms with E-state index >= 15 is 0 Å². The van der Waals surface area contributed by atoms with Crippen molar-refractivity contribution in [3.63, 3.8) is 0 Å². The van der Waals surface area contributed by atoms with E-state index in [1.807, 2.05) is 30.5 Å². The molecule has 0 spiro atoms. The van der Waals surface area contributed by atoms with E-state index in [9.17, 15) is 5.11 Å². The van der Waals surface area contributed by atoms with Crippen molar-refractivity contribution in [2.24, 2.45) is 0 Å². The Morgan fingerprint density at radius 1 is 0.688 bits per heavy atom. The number of hydrogen-bond donors (Lipinski definition) is 1. The van der Waals surface area contributed by atoms with Gasteiger partial charge in [0.15, 0.2) is 0 Å². The Hall–Kier alpha value is -5.05. The zero-order valence-corrected chi connectivity index (χ0v) is 29.2. The van der Waals surface area contributed by atoms with E-state index in [1.165, 1.54) is 22.3 Å². The summed E-state index contributed by atoms with van der Waals surface area (Å²) in [6.07, 6.45) is 1.91. The molecule has 0 unspecified atom stereocenters. The molecule has 0 saturated carbocycles. The summed E-state index contributed by atoms with van der Waals surface area (Å²) >= 11 is 0. The summed E-state index contributed by atoms with van der Waals surface area (Å²) in [4.78, 5) is 12.2. The number of fused-ring (bicyclic) bond motifs is 3. The van der Waals surface area contributed by atoms with Crippen LogP contribution in [0.4, 0.5) is 17.2 Å². The predicted molar refractivity (Wildman–Crippen MR) is 191 cm³/mol. The van der Waals surface area contributed by atoms with Crippen molar-refractivity contribution in [3.05, 3.63) is 180 Å². The van der Waals surface area contributed by atoms with Crippen LogP contribution in [0, 0.1) is 6.07 Å². The second-order valence-corrected chi connectivity index (χ2v) is 13.2. The van der Waals surface area contributed by atoms with Crippen molar-refractivity contribution in [2.45, 2.75) is 31.6 Å². The van der Waals surface area contributed by atoms with E-state index in [0.29, 0.717) is 5.52 Å². The molecule has 0 saturated heterocycles. The van der Waals surface area contributed by atoms with Crippen LogP contribution >= 0.6 is 0 Å². The van der Waals surface area contributed by atoms with Crippen LogP contribution in [0.1, 0.15) is 48.6 Å². The monoisotopic (exact) mass is 803 g/mol. The van der Waals surface area contributed by atoms with Gasteiger partial charge in [0.1, 0.15) is 17.1 Å². The van der Waals surface area contributed by atoms with Gasteiger partial charge in [0.2, 0.25) is 0 Å². The van der Waals surface area contributed by atoms with Gasteiger partial charge in [0.25, 0.3) is 0 Å². The van der Waals surface area contributed by atoms with Crippen molar-refractivity contribution >= 4 is 28.1 Å². The summed E-state index contributed by atoms with van der Waals surface area (Å²) in [6, 6.07) is 52.2. The number of benzene rings is 5. The summed E-state index contributed by atoms with van der Waals surface area (Å²) in [5.74, 6) is 0.992. The van der Waals surface area contributed by atoms with Crippen LogP contribution < -0.4 is 4.90 Å². The molecule has 1 aliphatic rings. The average Bonchev–Trinajstić information content (AvgIpc) is 3.11. The molecule has 0 aliphatic carbocycles. The third kappa shape index (κ3) is 5.03. The maximum absolute atomic E-state index is 10.7. The van der Waals surface area contributed by atoms with Gasteiger partial charge in [0.05, 0.1) is 0 Å². The van der Waals surface area contributed by atoms with E-state index in [-0.39, 0.29) is 32.2 Å². The summed E-state index contributed by atoms with van der Waals surface area (Å²) in [6.45, 7) is 6.68. The smallest absolute Gasteiger partial charge is 0.140 e. The Labute approximate surface area is 296 Å². The number of nitrogens with zero attached hydrogens (tertiary/aromatic N) is 3. The van der Waals surface area contributed by atoms with Crippen LogP contribution in [0.5, 0.6) is 5.75 Å². The Balaban J connectivity index is 0.00000364. The topological polar surface area (TPSA) is 49.2 Å². The van der Waals surface area contributed by atoms with Crippen LogP contribution in [-0.4, -0.2) is 15.1 Å². The number of aromatic hydroxyl groups is 1. The maximum Gasteiger partial charge on any atom is 0.140 e. The summed E-state index contributed by atoms with van der Waals surface area (Å²) in [7, 11) is 0. The van der Waals surface area contributed by atoms with Crippen LogP contribution in [0.2, 0.25) is 0 Å². The van der Waals surface area contributed by atoms with E-state index in [2.05, 4.69) is 141 Å². The molecule has 0 amide bonds. The van der Waals surface area contributed by atoms with Crippen molar-refractivity contribution in [2.75, 3.05) is 4.90 Å². The standard InChI is InChI=1S/C43H34N3O.Pt/c1-42(2,3)33-25-26-44-40(28-33)46-37-19-11-10-18-34(37)43(31-14-6-4-7-15-31,32-16-8-5-9-17-32)35-23-21-30(27-38(35)46)36-24-22-29-13-12-20-39(47)41(29)45-36;/h4-26,28,47H,1-3H3;/q-1;. The van der Waals surface area contributed by atoms with Crippen molar-refractivity contribution in [1.82, 2.24) is 9.97 Å². The molecule has 0 radical (unpaired) electrons. The fraction of sp³-hybridized carbons (Fsp3) is 0.116. The molecular formula is C43H34N3OPt-. The van der Waals surface area contributed by atoms with Crippen molar-refractivity contribution < 1.29 is 26.2 Å². The van der Waals surface area contributed by atoms with Gasteiger partial charge in [-0.2, -0.15) is 0 Å². The molecule has 238 valence electrons. The van der Waals surface area contributed by atoms with Gasteiger partial charge in [0, 0.05) is 43.8 Å². The number of para-hydroxylation sites is 2. The number of aromatic nitrogens is 2. The number of hydrogen-bond acceptors (Lipinski definition) is 4. The molecule has 0 bridgehead atoms. The fourth-order valence-corrected chi connectivity index (χ4v) is 7.05. The van der Waals surface area contributed by atoms with Gasteiger partial charge < -0.3 is 10.0 Å². The van der Waals surface area contributed by atoms with Gasteiger partial charge in [-0.25, -0.2) is 4.98 Å². The Kier molecular flexibility index (Phi) is 8.01. The van der Waals surface area contributed by atoms with Crippen LogP contribution in [0.25, 0.3) is 22.2 Å². The largest absolute Gasteiger partial charge is 0.506 e. The first-order valence-electron chi connectivity index (χ1n) is 16.0. The molecule has 8 rings (SSSR count). The Morgan fingerprint density at radius 3 is 2.08 bits per heavy atom. The Morgan fingerprint density at radius 2 is 1.38 bits per heavy atom. The predicted octanol–water partition coefficient (Wildman–Crippen LogP) is 10.3. The maximum atomic E-state index is 10.7. The minimum absolute atomic E-state index is 0. The van der Waals surface area contributed by atoms with Crippen molar-refractivity contribution in [3.8, 4) is 17.0 Å². The molecule has 5 aromatic carbocycles. The van der Waals surface area contributed by atoms with Crippen LogP contribution in [0.15, 0.2) is 146 Å². The Bertz CT molecular complexity index is 2220. The zero-order valence-electron chi connectivity index (χ0n) is 27.0. The first kappa shape index (κ1) is 31.5.